The predicted molar refractivity (Wildman–Crippen MR) is 116 cm³/mol. The average molecular weight is 401 g/mol. The number of carbonyl (C=O) groups excluding carboxylic acids is 2. The monoisotopic (exact) mass is 400 g/mol. The van der Waals surface area contributed by atoms with Crippen molar-refractivity contribution in [1.29, 1.82) is 0 Å². The van der Waals surface area contributed by atoms with E-state index in [1.54, 1.807) is 30.3 Å². The first kappa shape index (κ1) is 18.8. The van der Waals surface area contributed by atoms with Gasteiger partial charge in [-0.3, -0.25) is 9.59 Å². The maximum absolute atomic E-state index is 13.1. The molecule has 5 heteroatoms. The van der Waals surface area contributed by atoms with Crippen molar-refractivity contribution in [3.63, 3.8) is 0 Å². The van der Waals surface area contributed by atoms with Gasteiger partial charge in [0.1, 0.15) is 5.92 Å². The average Bonchev–Trinajstić information content (AvgIpc) is 3.11. The Bertz CT molecular complexity index is 1090. The molecule has 1 unspecified atom stereocenters. The molecule has 0 aliphatic carbocycles. The third-order valence-electron chi connectivity index (χ3n) is 4.60. The predicted octanol–water partition coefficient (Wildman–Crippen LogP) is 4.99. The highest BCUT2D eigenvalue weighted by Crippen LogP contribution is 2.27. The molecule has 1 amide bonds. The molecule has 4 rings (SSSR count). The van der Waals surface area contributed by atoms with Gasteiger partial charge in [0.25, 0.3) is 5.91 Å². The lowest BCUT2D eigenvalue weighted by molar-refractivity contribution is -0.126. The fourth-order valence-corrected chi connectivity index (χ4v) is 3.27. The molecule has 142 valence electrons. The Morgan fingerprint density at radius 3 is 2.17 bits per heavy atom. The summed E-state index contributed by atoms with van der Waals surface area (Å²) in [7, 11) is 0. The van der Waals surface area contributed by atoms with Gasteiger partial charge in [0.05, 0.1) is 11.4 Å². The van der Waals surface area contributed by atoms with Crippen LogP contribution in [-0.2, 0) is 9.59 Å². The molecule has 4 nitrogen and oxygen atoms in total. The molecule has 0 N–H and O–H groups in total. The van der Waals surface area contributed by atoms with E-state index in [9.17, 15) is 9.59 Å². The van der Waals surface area contributed by atoms with E-state index in [-0.39, 0.29) is 11.7 Å². The van der Waals surface area contributed by atoms with Crippen LogP contribution in [0.1, 0.15) is 11.1 Å². The molecule has 0 saturated heterocycles. The van der Waals surface area contributed by atoms with Crippen LogP contribution in [0.5, 0.6) is 0 Å². The number of hydrogen-bond donors (Lipinski definition) is 0. The van der Waals surface area contributed by atoms with Crippen molar-refractivity contribution in [1.82, 2.24) is 0 Å². The van der Waals surface area contributed by atoms with Gasteiger partial charge in [0, 0.05) is 5.02 Å². The van der Waals surface area contributed by atoms with E-state index in [1.807, 2.05) is 60.7 Å². The summed E-state index contributed by atoms with van der Waals surface area (Å²) in [6.45, 7) is 0. The summed E-state index contributed by atoms with van der Waals surface area (Å²) >= 11 is 5.90. The van der Waals surface area contributed by atoms with Crippen LogP contribution in [0.4, 0.5) is 5.69 Å². The van der Waals surface area contributed by atoms with E-state index >= 15 is 0 Å². The molecule has 29 heavy (non-hydrogen) atoms. The molecule has 0 fully saturated rings. The van der Waals surface area contributed by atoms with Crippen LogP contribution in [0.25, 0.3) is 6.08 Å². The number of ketones is 1. The minimum Gasteiger partial charge on any atom is -0.294 e. The first-order valence-electron chi connectivity index (χ1n) is 9.14. The minimum atomic E-state index is -0.985. The van der Waals surface area contributed by atoms with Gasteiger partial charge < -0.3 is 0 Å². The summed E-state index contributed by atoms with van der Waals surface area (Å²) in [5.41, 5.74) is 2.65. The molecule has 1 heterocycles. The number of nitrogens with zero attached hydrogens (tertiary/aromatic N) is 2. The van der Waals surface area contributed by atoms with E-state index < -0.39 is 5.92 Å². The Morgan fingerprint density at radius 1 is 0.897 bits per heavy atom. The molecule has 0 bridgehead atoms. The van der Waals surface area contributed by atoms with Crippen LogP contribution in [0.2, 0.25) is 5.02 Å². The van der Waals surface area contributed by atoms with E-state index in [0.717, 1.165) is 11.1 Å². The Morgan fingerprint density at radius 2 is 1.52 bits per heavy atom. The van der Waals surface area contributed by atoms with Crippen LogP contribution in [0, 0.1) is 5.92 Å². The van der Waals surface area contributed by atoms with Gasteiger partial charge in [0.15, 0.2) is 5.78 Å². The molecule has 3 aromatic carbocycles. The summed E-state index contributed by atoms with van der Waals surface area (Å²) in [6, 6.07) is 25.5. The van der Waals surface area contributed by atoms with Crippen LogP contribution in [-0.4, -0.2) is 17.4 Å². The van der Waals surface area contributed by atoms with Gasteiger partial charge in [-0.25, -0.2) is 0 Å². The number of allylic oxidation sites excluding steroid dienone is 1. The molecule has 1 aliphatic heterocycles. The standard InChI is InChI=1S/C24H17ClN2O2/c25-19-14-11-17(12-15-19)13-16-21(28)22-23(18-7-3-1-4-8-18)26-27(24(22)29)20-9-5-2-6-10-20/h1-16,22H. The van der Waals surface area contributed by atoms with Crippen LogP contribution in [0.3, 0.4) is 0 Å². The third-order valence-corrected chi connectivity index (χ3v) is 4.85. The highest BCUT2D eigenvalue weighted by atomic mass is 35.5. The Kier molecular flexibility index (Phi) is 5.36. The minimum absolute atomic E-state index is 0.314. The molecular weight excluding hydrogens is 384 g/mol. The van der Waals surface area contributed by atoms with E-state index in [1.165, 1.54) is 11.1 Å². The SMILES string of the molecule is O=C(C=Cc1ccc(Cl)cc1)C1C(=O)N(c2ccccc2)N=C1c1ccccc1. The Balaban J connectivity index is 1.68. The van der Waals surface area contributed by atoms with Crippen LogP contribution >= 0.6 is 11.6 Å². The molecule has 0 radical (unpaired) electrons. The fraction of sp³-hybridized carbons (Fsp3) is 0.0417. The van der Waals surface area contributed by atoms with E-state index in [2.05, 4.69) is 5.10 Å². The van der Waals surface area contributed by atoms with Crippen molar-refractivity contribution in [2.24, 2.45) is 11.0 Å². The van der Waals surface area contributed by atoms with Crippen LogP contribution in [0.15, 0.2) is 96.1 Å². The lowest BCUT2D eigenvalue weighted by atomic mass is 9.92. The number of carbonyl (C=O) groups is 2. The maximum Gasteiger partial charge on any atom is 0.264 e. The largest absolute Gasteiger partial charge is 0.294 e. The summed E-state index contributed by atoms with van der Waals surface area (Å²) < 4.78 is 0. The van der Waals surface area contributed by atoms with Gasteiger partial charge in [-0.15, -0.1) is 0 Å². The third kappa shape index (κ3) is 4.03. The highest BCUT2D eigenvalue weighted by molar-refractivity contribution is 6.34. The van der Waals surface area contributed by atoms with Crippen molar-refractivity contribution >= 4 is 40.8 Å². The zero-order valence-corrected chi connectivity index (χ0v) is 16.2. The topological polar surface area (TPSA) is 49.7 Å². The normalized spacial score (nSPS) is 16.3. The number of hydrazone groups is 1. The second kappa shape index (κ2) is 8.25. The van der Waals surface area contributed by atoms with Crippen LogP contribution < -0.4 is 5.01 Å². The zero-order chi connectivity index (χ0) is 20.2. The first-order chi connectivity index (χ1) is 14.1. The first-order valence-corrected chi connectivity index (χ1v) is 9.52. The zero-order valence-electron chi connectivity index (χ0n) is 15.4. The molecule has 0 spiro atoms. The lowest BCUT2D eigenvalue weighted by Gasteiger charge is -2.12. The highest BCUT2D eigenvalue weighted by Gasteiger charge is 2.41. The van der Waals surface area contributed by atoms with E-state index in [0.29, 0.717) is 16.4 Å². The van der Waals surface area contributed by atoms with E-state index in [4.69, 9.17) is 11.6 Å². The molecule has 1 atom stereocenters. The van der Waals surface area contributed by atoms with Gasteiger partial charge in [-0.05, 0) is 41.5 Å². The van der Waals surface area contributed by atoms with Crippen molar-refractivity contribution < 1.29 is 9.59 Å². The number of anilines is 1. The summed E-state index contributed by atoms with van der Waals surface area (Å²) in [5.74, 6) is -1.66. The van der Waals surface area contributed by atoms with Gasteiger partial charge >= 0.3 is 0 Å². The van der Waals surface area contributed by atoms with Gasteiger partial charge in [-0.1, -0.05) is 78.3 Å². The van der Waals surface area contributed by atoms with Gasteiger partial charge in [0.2, 0.25) is 0 Å². The quantitative estimate of drug-likeness (QED) is 0.447. The number of rotatable bonds is 5. The van der Waals surface area contributed by atoms with Crippen molar-refractivity contribution in [3.8, 4) is 0 Å². The van der Waals surface area contributed by atoms with Crippen molar-refractivity contribution in [2.45, 2.75) is 0 Å². The summed E-state index contributed by atoms with van der Waals surface area (Å²) in [5, 5.41) is 6.44. The smallest absolute Gasteiger partial charge is 0.264 e. The second-order valence-corrected chi connectivity index (χ2v) is 6.99. The maximum atomic E-state index is 13.1. The summed E-state index contributed by atoms with van der Waals surface area (Å²) in [6.07, 6.45) is 3.11. The molecule has 1 aliphatic rings. The van der Waals surface area contributed by atoms with Crippen molar-refractivity contribution in [2.75, 3.05) is 5.01 Å². The number of amides is 1. The second-order valence-electron chi connectivity index (χ2n) is 6.56. The number of hydrogen-bond acceptors (Lipinski definition) is 3. The lowest BCUT2D eigenvalue weighted by Crippen LogP contribution is -2.32. The van der Waals surface area contributed by atoms with Gasteiger partial charge in [-0.2, -0.15) is 10.1 Å². The number of benzene rings is 3. The molecule has 3 aromatic rings. The molecule has 0 aromatic heterocycles. The summed E-state index contributed by atoms with van der Waals surface area (Å²) in [4.78, 5) is 26.1. The fourth-order valence-electron chi connectivity index (χ4n) is 3.15. The molecular formula is C24H17ClN2O2. The number of para-hydroxylation sites is 1. The Hall–Kier alpha value is -3.50. The van der Waals surface area contributed by atoms with Crippen molar-refractivity contribution in [3.05, 3.63) is 107 Å². The molecule has 0 saturated carbocycles. The number of halogens is 1. The Labute approximate surface area is 173 Å².